The van der Waals surface area contributed by atoms with E-state index in [-0.39, 0.29) is 23.6 Å². The molecule has 0 spiro atoms. The van der Waals surface area contributed by atoms with E-state index in [1.165, 1.54) is 0 Å². The number of rotatable bonds is 3. The lowest BCUT2D eigenvalue weighted by Crippen LogP contribution is -2.09. The van der Waals surface area contributed by atoms with Gasteiger partial charge in [-0.15, -0.1) is 17.0 Å². The largest absolute Gasteiger partial charge is 0.346 e. The second-order valence-corrected chi connectivity index (χ2v) is 2.12. The van der Waals surface area contributed by atoms with Crippen LogP contribution in [-0.2, 0) is 11.3 Å². The predicted molar refractivity (Wildman–Crippen MR) is 49.8 cm³/mol. The van der Waals surface area contributed by atoms with Gasteiger partial charge in [-0.25, -0.2) is 0 Å². The number of aliphatic hydroxyl groups excluding tert-OH is 1. The third-order valence-electron chi connectivity index (χ3n) is 1.24. The molecule has 0 atom stereocenters. The highest BCUT2D eigenvalue weighted by Crippen LogP contribution is 2.00. The van der Waals surface area contributed by atoms with Crippen molar-refractivity contribution in [3.63, 3.8) is 0 Å². The maximum absolute atomic E-state index is 8.35. The van der Waals surface area contributed by atoms with Gasteiger partial charge in [0.1, 0.15) is 0 Å². The zero-order chi connectivity index (χ0) is 8.10. The number of aliphatic hydroxyl groups is 2. The molecular formula is C8H11BrO3. The second kappa shape index (κ2) is 6.14. The number of hydrogen-bond donors (Lipinski definition) is 2. The van der Waals surface area contributed by atoms with Crippen LogP contribution in [-0.4, -0.2) is 16.7 Å². The molecule has 1 aromatic carbocycles. The predicted octanol–water partition coefficient (Wildman–Crippen LogP) is 1.05. The summed E-state index contributed by atoms with van der Waals surface area (Å²) < 4.78 is 4.54. The summed E-state index contributed by atoms with van der Waals surface area (Å²) in [6.45, 7) is -1.46. The molecule has 1 aromatic rings. The van der Waals surface area contributed by atoms with Crippen LogP contribution < -0.4 is 0 Å². The fraction of sp³-hybridized carbons (Fsp3) is 0.250. The van der Waals surface area contributed by atoms with Gasteiger partial charge in [0.25, 0.3) is 6.48 Å². The lowest BCUT2D eigenvalue weighted by atomic mass is 10.2. The van der Waals surface area contributed by atoms with Crippen molar-refractivity contribution >= 4 is 17.0 Å². The molecular weight excluding hydrogens is 224 g/mol. The number of halogens is 1. The molecule has 0 aromatic heterocycles. The molecule has 0 aliphatic heterocycles. The summed E-state index contributed by atoms with van der Waals surface area (Å²) in [4.78, 5) is 0. The normalized spacial score (nSPS) is 9.58. The van der Waals surface area contributed by atoms with Gasteiger partial charge in [-0.3, -0.25) is 0 Å². The van der Waals surface area contributed by atoms with E-state index in [9.17, 15) is 0 Å². The van der Waals surface area contributed by atoms with Crippen molar-refractivity contribution in [2.75, 3.05) is 0 Å². The maximum atomic E-state index is 8.35. The summed E-state index contributed by atoms with van der Waals surface area (Å²) in [5.41, 5.74) is 0.917. The van der Waals surface area contributed by atoms with E-state index in [0.717, 1.165) is 5.56 Å². The van der Waals surface area contributed by atoms with Crippen LogP contribution in [0.5, 0.6) is 0 Å². The molecule has 0 saturated carbocycles. The molecule has 68 valence electrons. The van der Waals surface area contributed by atoms with Gasteiger partial charge in [0.15, 0.2) is 0 Å². The Hall–Kier alpha value is -0.420. The zero-order valence-electron chi connectivity index (χ0n) is 6.38. The first-order valence-electron chi connectivity index (χ1n) is 3.31. The maximum Gasteiger partial charge on any atom is 0.266 e. The fourth-order valence-electron chi connectivity index (χ4n) is 0.745. The van der Waals surface area contributed by atoms with Crippen LogP contribution in [0, 0.1) is 0 Å². The van der Waals surface area contributed by atoms with Crippen molar-refractivity contribution in [1.29, 1.82) is 0 Å². The van der Waals surface area contributed by atoms with E-state index in [0.29, 0.717) is 0 Å². The zero-order valence-corrected chi connectivity index (χ0v) is 8.10. The molecule has 0 saturated heterocycles. The van der Waals surface area contributed by atoms with Crippen LogP contribution in [0.1, 0.15) is 5.56 Å². The van der Waals surface area contributed by atoms with Crippen LogP contribution in [0.2, 0.25) is 0 Å². The van der Waals surface area contributed by atoms with Crippen molar-refractivity contribution in [3.05, 3.63) is 35.9 Å². The average molecular weight is 235 g/mol. The molecule has 0 unspecified atom stereocenters. The molecule has 4 heteroatoms. The Morgan fingerprint density at radius 3 is 2.25 bits per heavy atom. The molecule has 0 aliphatic rings. The molecule has 0 aliphatic carbocycles. The third kappa shape index (κ3) is 4.46. The first-order chi connectivity index (χ1) is 5.29. The highest BCUT2D eigenvalue weighted by Gasteiger charge is 1.96. The topological polar surface area (TPSA) is 49.7 Å². The molecule has 0 amide bonds. The second-order valence-electron chi connectivity index (χ2n) is 2.12. The Bertz CT molecular complexity index is 201. The molecule has 12 heavy (non-hydrogen) atoms. The summed E-state index contributed by atoms with van der Waals surface area (Å²) >= 11 is 0. The number of benzene rings is 1. The summed E-state index contributed by atoms with van der Waals surface area (Å²) in [5.74, 6) is 0. The van der Waals surface area contributed by atoms with E-state index in [4.69, 9.17) is 10.2 Å². The van der Waals surface area contributed by atoms with Crippen molar-refractivity contribution in [1.82, 2.24) is 0 Å². The highest BCUT2D eigenvalue weighted by atomic mass is 79.9. The Kier molecular flexibility index (Phi) is 5.92. The lowest BCUT2D eigenvalue weighted by molar-refractivity contribution is -0.240. The number of ether oxygens (including phenoxy) is 1. The molecule has 0 fully saturated rings. The Morgan fingerprint density at radius 1 is 1.17 bits per heavy atom. The minimum absolute atomic E-state index is 0. The van der Waals surface area contributed by atoms with Crippen LogP contribution in [0.15, 0.2) is 30.3 Å². The fourth-order valence-corrected chi connectivity index (χ4v) is 0.745. The molecule has 1 rings (SSSR count). The summed E-state index contributed by atoms with van der Waals surface area (Å²) in [5, 5.41) is 16.7. The smallest absolute Gasteiger partial charge is 0.266 e. The van der Waals surface area contributed by atoms with Crippen molar-refractivity contribution in [2.45, 2.75) is 13.1 Å². The minimum atomic E-state index is -1.68. The van der Waals surface area contributed by atoms with Crippen LogP contribution in [0.4, 0.5) is 0 Å². The van der Waals surface area contributed by atoms with Gasteiger partial charge in [-0.05, 0) is 5.56 Å². The van der Waals surface area contributed by atoms with Gasteiger partial charge in [-0.1, -0.05) is 30.3 Å². The van der Waals surface area contributed by atoms with Crippen LogP contribution >= 0.6 is 17.0 Å². The highest BCUT2D eigenvalue weighted by molar-refractivity contribution is 8.93. The van der Waals surface area contributed by atoms with E-state index >= 15 is 0 Å². The SMILES string of the molecule is Br.OC(O)OCc1ccccc1. The van der Waals surface area contributed by atoms with E-state index < -0.39 is 6.48 Å². The van der Waals surface area contributed by atoms with E-state index in [2.05, 4.69) is 4.74 Å². The first kappa shape index (κ1) is 11.6. The molecule has 0 radical (unpaired) electrons. The molecule has 2 N–H and O–H groups in total. The van der Waals surface area contributed by atoms with Gasteiger partial charge in [0.2, 0.25) is 0 Å². The third-order valence-corrected chi connectivity index (χ3v) is 1.24. The molecule has 0 bridgehead atoms. The van der Waals surface area contributed by atoms with Crippen molar-refractivity contribution in [2.24, 2.45) is 0 Å². The summed E-state index contributed by atoms with van der Waals surface area (Å²) in [6, 6.07) is 9.31. The summed E-state index contributed by atoms with van der Waals surface area (Å²) in [7, 11) is 0. The van der Waals surface area contributed by atoms with E-state index in [1.807, 2.05) is 30.3 Å². The Labute approximate surface area is 81.4 Å². The van der Waals surface area contributed by atoms with Crippen molar-refractivity contribution < 1.29 is 14.9 Å². The quantitative estimate of drug-likeness (QED) is 0.770. The monoisotopic (exact) mass is 234 g/mol. The van der Waals surface area contributed by atoms with Crippen molar-refractivity contribution in [3.8, 4) is 0 Å². The summed E-state index contributed by atoms with van der Waals surface area (Å²) in [6.07, 6.45) is 0. The standard InChI is InChI=1S/C8H10O3.BrH/c9-8(10)11-6-7-4-2-1-3-5-7;/h1-5,8-10H,6H2;1H. The van der Waals surface area contributed by atoms with E-state index in [1.54, 1.807) is 0 Å². The van der Waals surface area contributed by atoms with Crippen LogP contribution in [0.3, 0.4) is 0 Å². The molecule has 3 nitrogen and oxygen atoms in total. The Balaban J connectivity index is 0.00000121. The van der Waals surface area contributed by atoms with Crippen LogP contribution in [0.25, 0.3) is 0 Å². The minimum Gasteiger partial charge on any atom is -0.346 e. The van der Waals surface area contributed by atoms with Gasteiger partial charge in [-0.2, -0.15) is 0 Å². The Morgan fingerprint density at radius 2 is 1.75 bits per heavy atom. The number of hydrogen-bond acceptors (Lipinski definition) is 3. The van der Waals surface area contributed by atoms with Gasteiger partial charge < -0.3 is 14.9 Å². The van der Waals surface area contributed by atoms with Gasteiger partial charge >= 0.3 is 0 Å². The van der Waals surface area contributed by atoms with Gasteiger partial charge in [0.05, 0.1) is 6.61 Å². The first-order valence-corrected chi connectivity index (χ1v) is 3.31. The average Bonchev–Trinajstić information content (AvgIpc) is 2.03. The van der Waals surface area contributed by atoms with Gasteiger partial charge in [0, 0.05) is 0 Å². The lowest BCUT2D eigenvalue weighted by Gasteiger charge is -2.04. The molecule has 0 heterocycles.